The molecule has 0 saturated carbocycles. The van der Waals surface area contributed by atoms with Gasteiger partial charge in [0.25, 0.3) is 0 Å². The number of fused-ring (bicyclic) bond motifs is 1. The minimum absolute atomic E-state index is 0.110. The zero-order valence-electron chi connectivity index (χ0n) is 16.0. The Morgan fingerprint density at radius 1 is 0.935 bits per heavy atom. The summed E-state index contributed by atoms with van der Waals surface area (Å²) in [5.74, 6) is -1.82. The van der Waals surface area contributed by atoms with Gasteiger partial charge >= 0.3 is 0 Å². The molecule has 3 aromatic rings. The molecule has 6 N–H and O–H groups in total. The molecular formula is C21H20O10. The highest BCUT2D eigenvalue weighted by Crippen LogP contribution is 2.42. The number of benzene rings is 2. The van der Waals surface area contributed by atoms with Gasteiger partial charge in [-0.25, -0.2) is 0 Å². The highest BCUT2D eigenvalue weighted by atomic mass is 16.7. The number of rotatable bonds is 4. The van der Waals surface area contributed by atoms with Crippen LogP contribution in [0.2, 0.25) is 0 Å². The van der Waals surface area contributed by atoms with Gasteiger partial charge in [0.2, 0.25) is 12.0 Å². The number of aliphatic hydroxyl groups is 4. The molecule has 1 aromatic heterocycles. The largest absolute Gasteiger partial charge is 0.504 e. The maximum atomic E-state index is 12.5. The molecule has 10 heteroatoms. The predicted octanol–water partition coefficient (Wildman–Crippen LogP) is 0.0499. The van der Waals surface area contributed by atoms with E-state index in [9.17, 15) is 35.4 Å². The van der Waals surface area contributed by atoms with E-state index in [2.05, 4.69) is 0 Å². The molecule has 1 fully saturated rings. The standard InChI is InChI=1S/C21H20O10/c22-8-14-17(25)19(27)20(28)21(31-14)30-13-7-12-15(18(26)16(13)24)10(23)6-11(29-12)9-4-2-1-3-5-9/h1-7,14,17,19-22,24-28H,8H2/t14?,17-,19+,20-,21-/m1/s1. The van der Waals surface area contributed by atoms with Gasteiger partial charge in [0, 0.05) is 17.7 Å². The molecule has 5 atom stereocenters. The molecule has 1 aliphatic rings. The van der Waals surface area contributed by atoms with E-state index >= 15 is 0 Å². The van der Waals surface area contributed by atoms with Crippen molar-refractivity contribution in [3.8, 4) is 28.6 Å². The smallest absolute Gasteiger partial charge is 0.229 e. The van der Waals surface area contributed by atoms with Gasteiger partial charge in [-0.3, -0.25) is 4.79 Å². The van der Waals surface area contributed by atoms with Crippen LogP contribution in [-0.4, -0.2) is 68.0 Å². The highest BCUT2D eigenvalue weighted by molar-refractivity contribution is 5.89. The summed E-state index contributed by atoms with van der Waals surface area (Å²) < 4.78 is 16.4. The van der Waals surface area contributed by atoms with Crippen molar-refractivity contribution >= 4 is 11.0 Å². The Morgan fingerprint density at radius 3 is 2.32 bits per heavy atom. The van der Waals surface area contributed by atoms with Crippen molar-refractivity contribution in [2.45, 2.75) is 30.7 Å². The summed E-state index contributed by atoms with van der Waals surface area (Å²) in [7, 11) is 0. The molecule has 0 amide bonds. The maximum Gasteiger partial charge on any atom is 0.229 e. The van der Waals surface area contributed by atoms with Crippen molar-refractivity contribution in [1.29, 1.82) is 0 Å². The van der Waals surface area contributed by atoms with Gasteiger partial charge < -0.3 is 44.5 Å². The fourth-order valence-electron chi connectivity index (χ4n) is 3.39. The second-order valence-electron chi connectivity index (χ2n) is 7.10. The van der Waals surface area contributed by atoms with Gasteiger partial charge in [-0.1, -0.05) is 30.3 Å². The van der Waals surface area contributed by atoms with Crippen LogP contribution < -0.4 is 10.2 Å². The third-order valence-corrected chi connectivity index (χ3v) is 5.08. The van der Waals surface area contributed by atoms with E-state index in [0.29, 0.717) is 5.56 Å². The molecule has 4 rings (SSSR count). The first-order valence-corrected chi connectivity index (χ1v) is 9.37. The van der Waals surface area contributed by atoms with Crippen LogP contribution >= 0.6 is 0 Å². The quantitative estimate of drug-likeness (QED) is 0.310. The number of hydrogen-bond donors (Lipinski definition) is 6. The number of phenols is 2. The van der Waals surface area contributed by atoms with Crippen molar-refractivity contribution in [2.75, 3.05) is 6.61 Å². The number of aliphatic hydroxyl groups excluding tert-OH is 4. The van der Waals surface area contributed by atoms with Gasteiger partial charge in [-0.05, 0) is 0 Å². The molecule has 1 saturated heterocycles. The van der Waals surface area contributed by atoms with Crippen LogP contribution in [-0.2, 0) is 4.74 Å². The fraction of sp³-hybridized carbons (Fsp3) is 0.286. The average molecular weight is 432 g/mol. The van der Waals surface area contributed by atoms with Crippen molar-refractivity contribution in [3.63, 3.8) is 0 Å². The normalized spacial score (nSPS) is 26.1. The van der Waals surface area contributed by atoms with Crippen LogP contribution in [0.4, 0.5) is 0 Å². The summed E-state index contributed by atoms with van der Waals surface area (Å²) in [4.78, 5) is 12.5. The first kappa shape index (κ1) is 21.1. The van der Waals surface area contributed by atoms with Gasteiger partial charge in [0.1, 0.15) is 41.1 Å². The number of aromatic hydroxyl groups is 2. The zero-order valence-corrected chi connectivity index (χ0v) is 16.0. The van der Waals surface area contributed by atoms with E-state index < -0.39 is 60.0 Å². The molecule has 1 aliphatic heterocycles. The lowest BCUT2D eigenvalue weighted by molar-refractivity contribution is -0.277. The molecule has 0 aliphatic carbocycles. The molecule has 1 unspecified atom stereocenters. The first-order chi connectivity index (χ1) is 14.8. The third-order valence-electron chi connectivity index (χ3n) is 5.08. The van der Waals surface area contributed by atoms with E-state index in [4.69, 9.17) is 13.9 Å². The van der Waals surface area contributed by atoms with E-state index in [1.807, 2.05) is 0 Å². The van der Waals surface area contributed by atoms with E-state index in [-0.39, 0.29) is 16.7 Å². The summed E-state index contributed by atoms with van der Waals surface area (Å²) in [6, 6.07) is 11.0. The molecular weight excluding hydrogens is 412 g/mol. The van der Waals surface area contributed by atoms with Crippen LogP contribution in [0.5, 0.6) is 17.2 Å². The van der Waals surface area contributed by atoms with Crippen LogP contribution in [0.25, 0.3) is 22.3 Å². The summed E-state index contributed by atoms with van der Waals surface area (Å²) >= 11 is 0. The van der Waals surface area contributed by atoms with Crippen molar-refractivity contribution in [3.05, 3.63) is 52.7 Å². The van der Waals surface area contributed by atoms with E-state index in [0.717, 1.165) is 6.07 Å². The van der Waals surface area contributed by atoms with Gasteiger partial charge in [0.05, 0.1) is 6.61 Å². The molecule has 164 valence electrons. The lowest BCUT2D eigenvalue weighted by Crippen LogP contribution is -2.60. The molecule has 2 heterocycles. The second kappa shape index (κ2) is 8.17. The van der Waals surface area contributed by atoms with Crippen LogP contribution in [0, 0.1) is 0 Å². The number of ether oxygens (including phenoxy) is 2. The molecule has 2 aromatic carbocycles. The van der Waals surface area contributed by atoms with Crippen LogP contribution in [0.15, 0.2) is 51.7 Å². The third kappa shape index (κ3) is 3.71. The van der Waals surface area contributed by atoms with Crippen LogP contribution in [0.3, 0.4) is 0 Å². The molecule has 31 heavy (non-hydrogen) atoms. The Bertz CT molecular complexity index is 1140. The number of phenolic OH excluding ortho intramolecular Hbond substituents is 2. The van der Waals surface area contributed by atoms with Crippen LogP contribution in [0.1, 0.15) is 0 Å². The minimum Gasteiger partial charge on any atom is -0.504 e. The van der Waals surface area contributed by atoms with E-state index in [1.165, 1.54) is 6.07 Å². The number of hydrogen-bond acceptors (Lipinski definition) is 10. The Labute approximate surface area is 174 Å². The SMILES string of the molecule is O=c1cc(-c2ccccc2)oc2cc(O[C@@H]3OC(CO)[C@@H](O)[C@H](O)[C@H]3O)c(O)c(O)c12. The maximum absolute atomic E-state index is 12.5. The van der Waals surface area contributed by atoms with Gasteiger partial charge in [0.15, 0.2) is 16.9 Å². The molecule has 0 spiro atoms. The Morgan fingerprint density at radius 2 is 1.65 bits per heavy atom. The zero-order chi connectivity index (χ0) is 22.3. The molecule has 0 bridgehead atoms. The summed E-state index contributed by atoms with van der Waals surface area (Å²) in [6.45, 7) is -0.672. The summed E-state index contributed by atoms with van der Waals surface area (Å²) in [5.41, 5.74) is -0.112. The van der Waals surface area contributed by atoms with Gasteiger partial charge in [-0.15, -0.1) is 0 Å². The minimum atomic E-state index is -1.74. The van der Waals surface area contributed by atoms with Crippen molar-refractivity contribution in [1.82, 2.24) is 0 Å². The second-order valence-corrected chi connectivity index (χ2v) is 7.10. The monoisotopic (exact) mass is 432 g/mol. The summed E-state index contributed by atoms with van der Waals surface area (Å²) in [6.07, 6.45) is -7.87. The Balaban J connectivity index is 1.76. The average Bonchev–Trinajstić information content (AvgIpc) is 2.77. The van der Waals surface area contributed by atoms with Crippen molar-refractivity contribution < 1.29 is 44.5 Å². The molecule has 0 radical (unpaired) electrons. The Kier molecular flexibility index (Phi) is 5.56. The van der Waals surface area contributed by atoms with Crippen molar-refractivity contribution in [2.24, 2.45) is 0 Å². The molecule has 10 nitrogen and oxygen atoms in total. The first-order valence-electron chi connectivity index (χ1n) is 9.37. The predicted molar refractivity (Wildman–Crippen MR) is 106 cm³/mol. The lowest BCUT2D eigenvalue weighted by atomic mass is 9.99. The topological polar surface area (TPSA) is 170 Å². The highest BCUT2D eigenvalue weighted by Gasteiger charge is 2.45. The fourth-order valence-corrected chi connectivity index (χ4v) is 3.39. The van der Waals surface area contributed by atoms with E-state index in [1.54, 1.807) is 30.3 Å². The summed E-state index contributed by atoms with van der Waals surface area (Å²) in [5, 5.41) is 59.6. The van der Waals surface area contributed by atoms with Gasteiger partial charge in [-0.2, -0.15) is 0 Å². The Hall–Kier alpha value is -3.15. The lowest BCUT2D eigenvalue weighted by Gasteiger charge is -2.39.